The molecule has 2 aromatic carbocycles. The van der Waals surface area contributed by atoms with Crippen LogP contribution in [0.3, 0.4) is 0 Å². The summed E-state index contributed by atoms with van der Waals surface area (Å²) >= 11 is 0. The van der Waals surface area contributed by atoms with Crippen LogP contribution in [0.25, 0.3) is 10.4 Å². The highest BCUT2D eigenvalue weighted by Gasteiger charge is 2.54. The van der Waals surface area contributed by atoms with Gasteiger partial charge in [0.2, 0.25) is 5.90 Å². The van der Waals surface area contributed by atoms with Gasteiger partial charge >= 0.3 is 5.97 Å². The second-order valence-electron chi connectivity index (χ2n) is 10.5. The smallest absolute Gasteiger partial charge is 0.306 e. The van der Waals surface area contributed by atoms with Gasteiger partial charge in [-0.1, -0.05) is 36.3 Å². The van der Waals surface area contributed by atoms with E-state index in [0.29, 0.717) is 36.4 Å². The molecule has 2 atom stereocenters. The number of aliphatic hydroxyl groups is 1. The van der Waals surface area contributed by atoms with Crippen molar-refractivity contribution in [3.63, 3.8) is 0 Å². The molecular weight excluding hydrogens is 528 g/mol. The molecule has 12 heteroatoms. The Hall–Kier alpha value is -4.12. The van der Waals surface area contributed by atoms with Crippen molar-refractivity contribution in [3.8, 4) is 5.75 Å². The molecular formula is C29H38N6O6. The van der Waals surface area contributed by atoms with Crippen molar-refractivity contribution < 1.29 is 28.9 Å². The quantitative estimate of drug-likeness (QED) is 0.0737. The third-order valence-electron chi connectivity index (χ3n) is 6.11. The molecule has 3 rings (SSSR count). The Morgan fingerprint density at radius 1 is 1.20 bits per heavy atom. The number of aliphatic imine (C=N–C) groups is 1. The summed E-state index contributed by atoms with van der Waals surface area (Å²) in [5, 5.41) is 12.8. The van der Waals surface area contributed by atoms with Crippen LogP contribution in [0, 0.1) is 0 Å². The van der Waals surface area contributed by atoms with Crippen molar-refractivity contribution in [2.75, 3.05) is 19.8 Å². The number of carbonyl (C=O) groups excluding carboxylic acids is 2. The average Bonchev–Trinajstić information content (AvgIpc) is 3.33. The summed E-state index contributed by atoms with van der Waals surface area (Å²) in [6.45, 7) is 8.19. The van der Waals surface area contributed by atoms with Gasteiger partial charge < -0.3 is 19.3 Å². The number of nitrogens with zero attached hydrogens (tertiary/aromatic N) is 4. The van der Waals surface area contributed by atoms with E-state index in [0.717, 1.165) is 6.42 Å². The van der Waals surface area contributed by atoms with Crippen molar-refractivity contribution in [2.24, 2.45) is 10.1 Å². The lowest BCUT2D eigenvalue weighted by atomic mass is 9.83. The highest BCUT2D eigenvalue weighted by Crippen LogP contribution is 2.46. The second kappa shape index (κ2) is 14.5. The fourth-order valence-electron chi connectivity index (χ4n) is 4.26. The third-order valence-corrected chi connectivity index (χ3v) is 6.11. The number of nitrogens with one attached hydrogen (secondary N) is 2. The topological polar surface area (TPSA) is 167 Å². The minimum absolute atomic E-state index is 0.0298. The van der Waals surface area contributed by atoms with Gasteiger partial charge in [-0.15, -0.1) is 0 Å². The summed E-state index contributed by atoms with van der Waals surface area (Å²) in [5.74, 6) is -0.207. The van der Waals surface area contributed by atoms with Gasteiger partial charge in [-0.05, 0) is 63.4 Å². The number of hydrogen-bond acceptors (Lipinski definition) is 9. The Kier molecular flexibility index (Phi) is 11.1. The summed E-state index contributed by atoms with van der Waals surface area (Å²) in [7, 11) is 0. The van der Waals surface area contributed by atoms with Gasteiger partial charge in [0.25, 0.3) is 5.91 Å². The number of benzene rings is 2. The van der Waals surface area contributed by atoms with E-state index < -0.39 is 29.1 Å². The zero-order valence-electron chi connectivity index (χ0n) is 23.9. The summed E-state index contributed by atoms with van der Waals surface area (Å²) < 4.78 is 17.5. The number of ether oxygens (including phenoxy) is 3. The third kappa shape index (κ3) is 8.43. The van der Waals surface area contributed by atoms with Gasteiger partial charge in [0, 0.05) is 47.7 Å². The van der Waals surface area contributed by atoms with Crippen LogP contribution >= 0.6 is 0 Å². The normalized spacial score (nSPS) is 18.1. The Morgan fingerprint density at radius 3 is 2.59 bits per heavy atom. The lowest BCUT2D eigenvalue weighted by Crippen LogP contribution is -2.53. The van der Waals surface area contributed by atoms with E-state index in [4.69, 9.17) is 24.3 Å². The first-order chi connectivity index (χ1) is 19.6. The standard InChI is InChI=1S/C29H38N6O6/c1-5-17-31-34-27(38)29(16-15-24(37)41-28(2,3)4)25(22-9-6-7-10-23(22)33-35-30)40-26(32-29)20-11-13-21(14-12-20)39-19-8-18-36/h6-7,9-14,25,31,36H,5,8,15-19H2,1-4H3,(H,34,38)/t25-,29-/m0/s1. The maximum atomic E-state index is 13.9. The van der Waals surface area contributed by atoms with Crippen LogP contribution in [0.2, 0.25) is 0 Å². The van der Waals surface area contributed by atoms with Crippen molar-refractivity contribution in [3.05, 3.63) is 70.1 Å². The molecule has 1 aliphatic rings. The SMILES string of the molecule is CCCNNC(=O)[C@@]1(CCC(=O)OC(C)(C)C)N=C(c2ccc(OCCCO)cc2)O[C@H]1c1ccccc1N=[N+]=[N-]. The molecule has 0 spiro atoms. The summed E-state index contributed by atoms with van der Waals surface area (Å²) in [5.41, 5.74) is 13.8. The lowest BCUT2D eigenvalue weighted by Gasteiger charge is -2.31. The molecule has 1 aliphatic heterocycles. The van der Waals surface area contributed by atoms with Crippen LogP contribution < -0.4 is 15.6 Å². The van der Waals surface area contributed by atoms with Gasteiger partial charge in [0.15, 0.2) is 11.6 Å². The monoisotopic (exact) mass is 566 g/mol. The van der Waals surface area contributed by atoms with Crippen LogP contribution in [-0.4, -0.2) is 53.8 Å². The molecule has 0 saturated carbocycles. The average molecular weight is 567 g/mol. The van der Waals surface area contributed by atoms with Gasteiger partial charge in [-0.25, -0.2) is 10.4 Å². The van der Waals surface area contributed by atoms with Crippen LogP contribution in [0.5, 0.6) is 5.75 Å². The van der Waals surface area contributed by atoms with Crippen LogP contribution in [0.4, 0.5) is 5.69 Å². The molecule has 0 saturated heterocycles. The lowest BCUT2D eigenvalue weighted by molar-refractivity contribution is -0.155. The molecule has 41 heavy (non-hydrogen) atoms. The van der Waals surface area contributed by atoms with E-state index >= 15 is 0 Å². The molecule has 12 nitrogen and oxygen atoms in total. The van der Waals surface area contributed by atoms with Gasteiger partial charge in [-0.3, -0.25) is 15.0 Å². The fourth-order valence-corrected chi connectivity index (χ4v) is 4.26. The summed E-state index contributed by atoms with van der Waals surface area (Å²) in [6, 6.07) is 13.8. The maximum absolute atomic E-state index is 13.9. The number of carbonyl (C=O) groups is 2. The highest BCUT2D eigenvalue weighted by atomic mass is 16.6. The number of azide groups is 1. The van der Waals surface area contributed by atoms with Gasteiger partial charge in [0.05, 0.1) is 6.61 Å². The molecule has 1 amide bonds. The number of esters is 1. The van der Waals surface area contributed by atoms with E-state index in [1.54, 1.807) is 69.3 Å². The Labute approximate surface area is 239 Å². The second-order valence-corrected chi connectivity index (χ2v) is 10.5. The molecule has 0 unspecified atom stereocenters. The minimum atomic E-state index is -1.61. The van der Waals surface area contributed by atoms with Gasteiger partial charge in [-0.2, -0.15) is 0 Å². The highest BCUT2D eigenvalue weighted by molar-refractivity contribution is 6.01. The largest absolute Gasteiger partial charge is 0.494 e. The van der Waals surface area contributed by atoms with E-state index in [9.17, 15) is 15.1 Å². The fraction of sp³-hybridized carbons (Fsp3) is 0.483. The summed E-state index contributed by atoms with van der Waals surface area (Å²) in [6.07, 6.45) is 0.0987. The predicted molar refractivity (Wildman–Crippen MR) is 153 cm³/mol. The first-order valence-corrected chi connectivity index (χ1v) is 13.6. The van der Waals surface area contributed by atoms with Crippen molar-refractivity contribution >= 4 is 23.5 Å². The van der Waals surface area contributed by atoms with Crippen LogP contribution in [-0.2, 0) is 19.1 Å². The van der Waals surface area contributed by atoms with Gasteiger partial charge in [0.1, 0.15) is 11.4 Å². The molecule has 0 aromatic heterocycles. The van der Waals surface area contributed by atoms with Crippen molar-refractivity contribution in [1.29, 1.82) is 0 Å². The number of aliphatic hydroxyl groups excluding tert-OH is 1. The Morgan fingerprint density at radius 2 is 1.93 bits per heavy atom. The zero-order chi connectivity index (χ0) is 29.9. The minimum Gasteiger partial charge on any atom is -0.494 e. The molecule has 0 bridgehead atoms. The first-order valence-electron chi connectivity index (χ1n) is 13.6. The molecule has 0 aliphatic carbocycles. The molecule has 2 aromatic rings. The van der Waals surface area contributed by atoms with E-state index in [2.05, 4.69) is 20.9 Å². The van der Waals surface area contributed by atoms with Crippen LogP contribution in [0.15, 0.2) is 58.6 Å². The molecule has 0 radical (unpaired) electrons. The predicted octanol–water partition coefficient (Wildman–Crippen LogP) is 4.80. The summed E-state index contributed by atoms with van der Waals surface area (Å²) in [4.78, 5) is 34.5. The number of hydrogen-bond donors (Lipinski definition) is 3. The number of hydrazine groups is 1. The van der Waals surface area contributed by atoms with E-state index in [1.165, 1.54) is 0 Å². The molecule has 220 valence electrons. The van der Waals surface area contributed by atoms with Crippen molar-refractivity contribution in [2.45, 2.75) is 70.6 Å². The Balaban J connectivity index is 2.08. The first kappa shape index (κ1) is 31.4. The number of rotatable bonds is 14. The van der Waals surface area contributed by atoms with E-state index in [-0.39, 0.29) is 31.0 Å². The number of amides is 1. The molecule has 1 heterocycles. The zero-order valence-corrected chi connectivity index (χ0v) is 23.9. The van der Waals surface area contributed by atoms with Crippen LogP contribution in [0.1, 0.15) is 70.6 Å². The van der Waals surface area contributed by atoms with Crippen molar-refractivity contribution in [1.82, 2.24) is 10.9 Å². The maximum Gasteiger partial charge on any atom is 0.306 e. The van der Waals surface area contributed by atoms with E-state index in [1.807, 2.05) is 6.92 Å². The Bertz CT molecular complexity index is 1270. The molecule has 0 fully saturated rings. The molecule has 3 N–H and O–H groups in total.